The maximum atomic E-state index is 13.1. The SMILES string of the molecule is CCCCCCCCCCCCCCCCC(=O)OC[C@H](COP(=O)(O)OC[C@@H](O)COP(=O)(O)OC[C@@H](COC(=O)CCCCCCCCCC)OC(=O)CCCCCCCCCCCCCCCC)OC(=O)CCCCCCCCCCCCCCCCCC(C)C. The summed E-state index contributed by atoms with van der Waals surface area (Å²) in [5.74, 6) is -1.31. The van der Waals surface area contributed by atoms with E-state index in [1.165, 1.54) is 212 Å². The molecule has 94 heavy (non-hydrogen) atoms. The van der Waals surface area contributed by atoms with Gasteiger partial charge in [-0.05, 0) is 31.6 Å². The Morgan fingerprint density at radius 2 is 0.489 bits per heavy atom. The van der Waals surface area contributed by atoms with Crippen LogP contribution in [0.3, 0.4) is 0 Å². The van der Waals surface area contributed by atoms with Gasteiger partial charge in [-0.15, -0.1) is 0 Å². The number of carbonyl (C=O) groups excluding carboxylic acids is 4. The Morgan fingerprint density at radius 3 is 0.723 bits per heavy atom. The van der Waals surface area contributed by atoms with E-state index < -0.39 is 97.5 Å². The molecule has 2 unspecified atom stereocenters. The van der Waals surface area contributed by atoms with Crippen LogP contribution in [0.4, 0.5) is 0 Å². The molecule has 0 spiro atoms. The standard InChI is InChI=1S/C75H146O17P2/c1-6-9-12-15-18-21-23-25-31-35-39-44-49-54-59-73(78)86-65-71(92-75(80)61-56-51-46-41-37-33-29-27-28-30-34-38-42-47-52-57-68(4)5)67-90-94(83,84)88-63-69(76)62-87-93(81,82)89-66-70(64-85-72(77)58-53-48-43-20-17-14-11-8-3)91-74(79)60-55-50-45-40-36-32-26-24-22-19-16-13-10-7-2/h68-71,76H,6-67H2,1-5H3,(H,81,82)(H,83,84)/t69-,70+,71+/m0/s1. The molecule has 0 heterocycles. The quantitative estimate of drug-likeness (QED) is 0.0222. The third-order valence-corrected chi connectivity index (χ3v) is 19.4. The predicted molar refractivity (Wildman–Crippen MR) is 382 cm³/mol. The van der Waals surface area contributed by atoms with Gasteiger partial charge in [0.05, 0.1) is 26.4 Å². The van der Waals surface area contributed by atoms with Crippen molar-refractivity contribution in [2.45, 2.75) is 412 Å². The molecule has 0 fully saturated rings. The second-order valence-corrected chi connectivity index (χ2v) is 30.4. The first-order valence-corrected chi connectivity index (χ1v) is 42.1. The van der Waals surface area contributed by atoms with Crippen LogP contribution >= 0.6 is 15.6 Å². The predicted octanol–water partition coefficient (Wildman–Crippen LogP) is 22.1. The molecule has 0 radical (unpaired) electrons. The van der Waals surface area contributed by atoms with Crippen molar-refractivity contribution in [3.05, 3.63) is 0 Å². The zero-order valence-electron chi connectivity index (χ0n) is 61.1. The van der Waals surface area contributed by atoms with Crippen molar-refractivity contribution < 1.29 is 80.2 Å². The molecular formula is C75H146O17P2. The zero-order valence-corrected chi connectivity index (χ0v) is 62.9. The van der Waals surface area contributed by atoms with Crippen LogP contribution in [0.2, 0.25) is 0 Å². The number of aliphatic hydroxyl groups is 1. The van der Waals surface area contributed by atoms with Gasteiger partial charge in [-0.25, -0.2) is 9.13 Å². The van der Waals surface area contributed by atoms with Gasteiger partial charge in [-0.1, -0.05) is 343 Å². The van der Waals surface area contributed by atoms with Crippen molar-refractivity contribution in [1.29, 1.82) is 0 Å². The van der Waals surface area contributed by atoms with E-state index in [4.69, 9.17) is 37.0 Å². The maximum absolute atomic E-state index is 13.1. The van der Waals surface area contributed by atoms with Gasteiger partial charge in [-0.2, -0.15) is 0 Å². The Hall–Kier alpha value is -1.94. The molecule has 5 atom stereocenters. The summed E-state index contributed by atoms with van der Waals surface area (Å²) in [4.78, 5) is 72.7. The summed E-state index contributed by atoms with van der Waals surface area (Å²) in [6, 6.07) is 0. The first kappa shape index (κ1) is 92.1. The van der Waals surface area contributed by atoms with Gasteiger partial charge in [-0.3, -0.25) is 37.3 Å². The van der Waals surface area contributed by atoms with Crippen LogP contribution in [0.15, 0.2) is 0 Å². The van der Waals surface area contributed by atoms with Gasteiger partial charge >= 0.3 is 39.5 Å². The van der Waals surface area contributed by atoms with Gasteiger partial charge in [0, 0.05) is 25.7 Å². The Balaban J connectivity index is 5.21. The summed E-state index contributed by atoms with van der Waals surface area (Å²) in [5, 5.41) is 10.6. The average molecular weight is 1380 g/mol. The fraction of sp³-hybridized carbons (Fsp3) is 0.947. The van der Waals surface area contributed by atoms with Crippen LogP contribution in [0.5, 0.6) is 0 Å². The largest absolute Gasteiger partial charge is 0.472 e. The van der Waals surface area contributed by atoms with Gasteiger partial charge < -0.3 is 33.8 Å². The second-order valence-electron chi connectivity index (χ2n) is 27.5. The summed E-state index contributed by atoms with van der Waals surface area (Å²) in [5.41, 5.74) is 0. The minimum atomic E-state index is -4.95. The molecule has 0 amide bonds. The molecule has 558 valence electrons. The highest BCUT2D eigenvalue weighted by molar-refractivity contribution is 7.47. The number of esters is 4. The maximum Gasteiger partial charge on any atom is 0.472 e. The highest BCUT2D eigenvalue weighted by atomic mass is 31.2. The summed E-state index contributed by atoms with van der Waals surface area (Å²) in [6.07, 6.45) is 56.8. The first-order chi connectivity index (χ1) is 45.5. The van der Waals surface area contributed by atoms with Crippen molar-refractivity contribution in [1.82, 2.24) is 0 Å². The number of carbonyl (C=O) groups is 4. The number of aliphatic hydroxyl groups excluding tert-OH is 1. The summed E-state index contributed by atoms with van der Waals surface area (Å²) in [6.45, 7) is 7.30. The Labute approximate surface area is 575 Å². The van der Waals surface area contributed by atoms with E-state index in [0.717, 1.165) is 102 Å². The molecule has 3 N–H and O–H groups in total. The number of ether oxygens (including phenoxy) is 4. The van der Waals surface area contributed by atoms with Crippen LogP contribution in [0.25, 0.3) is 0 Å². The lowest BCUT2D eigenvalue weighted by molar-refractivity contribution is -0.161. The normalized spacial score (nSPS) is 14.0. The average Bonchev–Trinajstić information content (AvgIpc) is 1.08. The molecular weight excluding hydrogens is 1230 g/mol. The molecule has 0 bridgehead atoms. The molecule has 0 aliphatic rings. The van der Waals surface area contributed by atoms with E-state index in [2.05, 4.69) is 34.6 Å². The van der Waals surface area contributed by atoms with Crippen molar-refractivity contribution in [2.24, 2.45) is 5.92 Å². The van der Waals surface area contributed by atoms with E-state index in [1.807, 2.05) is 0 Å². The monoisotopic (exact) mass is 1380 g/mol. The molecule has 0 aliphatic carbocycles. The molecule has 0 aliphatic heterocycles. The second kappa shape index (κ2) is 68.2. The third-order valence-electron chi connectivity index (χ3n) is 17.5. The zero-order chi connectivity index (χ0) is 69.1. The minimum Gasteiger partial charge on any atom is -0.462 e. The van der Waals surface area contributed by atoms with E-state index in [0.29, 0.717) is 25.7 Å². The Bertz CT molecular complexity index is 1810. The van der Waals surface area contributed by atoms with E-state index in [-0.39, 0.29) is 25.7 Å². The summed E-state index contributed by atoms with van der Waals surface area (Å²) in [7, 11) is -9.90. The van der Waals surface area contributed by atoms with Gasteiger partial charge in [0.2, 0.25) is 0 Å². The van der Waals surface area contributed by atoms with Crippen molar-refractivity contribution in [2.75, 3.05) is 39.6 Å². The minimum absolute atomic E-state index is 0.108. The van der Waals surface area contributed by atoms with Crippen LogP contribution in [-0.2, 0) is 65.4 Å². The number of unbranched alkanes of at least 4 members (excludes halogenated alkanes) is 47. The smallest absolute Gasteiger partial charge is 0.462 e. The van der Waals surface area contributed by atoms with Crippen LogP contribution in [-0.4, -0.2) is 96.7 Å². The Morgan fingerprint density at radius 1 is 0.287 bits per heavy atom. The fourth-order valence-corrected chi connectivity index (χ4v) is 13.1. The molecule has 19 heteroatoms. The lowest BCUT2D eigenvalue weighted by Crippen LogP contribution is -2.30. The van der Waals surface area contributed by atoms with Gasteiger partial charge in [0.1, 0.15) is 19.3 Å². The van der Waals surface area contributed by atoms with Crippen LogP contribution in [0.1, 0.15) is 394 Å². The molecule has 0 rings (SSSR count). The number of phosphoric acid groups is 2. The molecule has 0 saturated heterocycles. The number of phosphoric ester groups is 2. The van der Waals surface area contributed by atoms with Crippen LogP contribution in [0, 0.1) is 5.92 Å². The van der Waals surface area contributed by atoms with E-state index in [9.17, 15) is 43.2 Å². The fourth-order valence-electron chi connectivity index (χ4n) is 11.5. The third kappa shape index (κ3) is 68.6. The topological polar surface area (TPSA) is 237 Å². The van der Waals surface area contributed by atoms with Crippen LogP contribution < -0.4 is 0 Å². The molecule has 0 aromatic carbocycles. The number of rotatable bonds is 75. The van der Waals surface area contributed by atoms with E-state index in [1.54, 1.807) is 0 Å². The highest BCUT2D eigenvalue weighted by Crippen LogP contribution is 2.45. The molecule has 0 saturated carbocycles. The van der Waals surface area contributed by atoms with Gasteiger partial charge in [0.15, 0.2) is 12.2 Å². The summed E-state index contributed by atoms with van der Waals surface area (Å²) < 4.78 is 68.4. The summed E-state index contributed by atoms with van der Waals surface area (Å²) >= 11 is 0. The van der Waals surface area contributed by atoms with Gasteiger partial charge in [0.25, 0.3) is 0 Å². The number of hydrogen-bond donors (Lipinski definition) is 3. The lowest BCUT2D eigenvalue weighted by atomic mass is 10.0. The van der Waals surface area contributed by atoms with Crippen molar-refractivity contribution >= 4 is 39.5 Å². The lowest BCUT2D eigenvalue weighted by Gasteiger charge is -2.21. The van der Waals surface area contributed by atoms with E-state index >= 15 is 0 Å². The highest BCUT2D eigenvalue weighted by Gasteiger charge is 2.30. The molecule has 17 nitrogen and oxygen atoms in total. The molecule has 0 aromatic heterocycles. The number of hydrogen-bond acceptors (Lipinski definition) is 15. The first-order valence-electron chi connectivity index (χ1n) is 39.1. The van der Waals surface area contributed by atoms with Crippen molar-refractivity contribution in [3.63, 3.8) is 0 Å². The van der Waals surface area contributed by atoms with Crippen molar-refractivity contribution in [3.8, 4) is 0 Å². The Kier molecular flexibility index (Phi) is 66.8. The molecule has 0 aromatic rings.